The van der Waals surface area contributed by atoms with E-state index < -0.39 is 12.6 Å². The van der Waals surface area contributed by atoms with Crippen LogP contribution in [0.4, 0.5) is 4.39 Å². The van der Waals surface area contributed by atoms with Gasteiger partial charge in [0.25, 0.3) is 5.91 Å². The number of aromatic nitrogens is 3. The fourth-order valence-corrected chi connectivity index (χ4v) is 2.96. The van der Waals surface area contributed by atoms with E-state index >= 15 is 0 Å². The molecule has 0 saturated heterocycles. The Morgan fingerprint density at radius 1 is 1.38 bits per heavy atom. The number of carbonyl (C=O) groups is 1. The first-order valence-electron chi connectivity index (χ1n) is 9.11. The number of nitrogens with one attached hydrogen (secondary N) is 1. The van der Waals surface area contributed by atoms with Gasteiger partial charge in [-0.1, -0.05) is 0 Å². The number of rotatable bonds is 6. The normalized spacial score (nSPS) is 14.1. The van der Waals surface area contributed by atoms with Crippen LogP contribution in [-0.2, 0) is 17.8 Å². The van der Waals surface area contributed by atoms with Gasteiger partial charge in [-0.05, 0) is 38.0 Å². The molecule has 1 aliphatic heterocycles. The van der Waals surface area contributed by atoms with Crippen LogP contribution in [0.2, 0.25) is 0 Å². The molecule has 3 rings (SSSR count). The van der Waals surface area contributed by atoms with Crippen molar-refractivity contribution in [2.24, 2.45) is 0 Å². The average molecular weight is 399 g/mol. The minimum absolute atomic E-state index is 0.0260. The van der Waals surface area contributed by atoms with Crippen LogP contribution in [-0.4, -0.2) is 56.6 Å². The van der Waals surface area contributed by atoms with E-state index in [2.05, 4.69) is 15.2 Å². The second-order valence-corrected chi connectivity index (χ2v) is 6.77. The topological polar surface area (TPSA) is 112 Å². The van der Waals surface area contributed by atoms with E-state index in [0.717, 1.165) is 11.3 Å². The number of aryl methyl sites for hydroxylation is 1. The van der Waals surface area contributed by atoms with E-state index in [1.54, 1.807) is 24.4 Å². The molecule has 3 heterocycles. The highest BCUT2D eigenvalue weighted by atomic mass is 19.1. The van der Waals surface area contributed by atoms with E-state index in [9.17, 15) is 14.3 Å². The minimum Gasteiger partial charge on any atom is -0.512 e. The first-order chi connectivity index (χ1) is 13.9. The molecular formula is C20H22FN5O3. The van der Waals surface area contributed by atoms with Crippen LogP contribution < -0.4 is 4.74 Å². The highest BCUT2D eigenvalue weighted by Crippen LogP contribution is 2.21. The predicted molar refractivity (Wildman–Crippen MR) is 104 cm³/mol. The summed E-state index contributed by atoms with van der Waals surface area (Å²) < 4.78 is 18.2. The SMILES string of the molecule is C/C(O)=C(\COc1cc2c(nn1)CN(C(=O)CF)CC2)C(=N)c1ccc(C)nc1. The minimum atomic E-state index is -1.03. The second-order valence-electron chi connectivity index (χ2n) is 6.77. The van der Waals surface area contributed by atoms with Crippen LogP contribution in [0.3, 0.4) is 0 Å². The summed E-state index contributed by atoms with van der Waals surface area (Å²) in [4.78, 5) is 17.1. The van der Waals surface area contributed by atoms with Crippen LogP contribution >= 0.6 is 0 Å². The van der Waals surface area contributed by atoms with Gasteiger partial charge >= 0.3 is 0 Å². The Kier molecular flexibility index (Phi) is 6.16. The molecule has 2 aromatic heterocycles. The van der Waals surface area contributed by atoms with Gasteiger partial charge in [-0.2, -0.15) is 0 Å². The van der Waals surface area contributed by atoms with Crippen LogP contribution in [0.25, 0.3) is 0 Å². The lowest BCUT2D eigenvalue weighted by Crippen LogP contribution is -2.37. The molecule has 0 saturated carbocycles. The maximum atomic E-state index is 12.6. The molecule has 29 heavy (non-hydrogen) atoms. The van der Waals surface area contributed by atoms with E-state index in [-0.39, 0.29) is 30.5 Å². The third kappa shape index (κ3) is 4.74. The molecule has 0 bridgehead atoms. The van der Waals surface area contributed by atoms with Crippen molar-refractivity contribution in [3.63, 3.8) is 0 Å². The first-order valence-corrected chi connectivity index (χ1v) is 9.11. The highest BCUT2D eigenvalue weighted by molar-refractivity contribution is 6.10. The van der Waals surface area contributed by atoms with Crippen molar-refractivity contribution < 1.29 is 19.0 Å². The lowest BCUT2D eigenvalue weighted by Gasteiger charge is -2.27. The number of aliphatic hydroxyl groups is 1. The maximum Gasteiger partial charge on any atom is 0.254 e. The van der Waals surface area contributed by atoms with Gasteiger partial charge in [0.05, 0.1) is 29.3 Å². The number of amides is 1. The van der Waals surface area contributed by atoms with Crippen molar-refractivity contribution in [3.05, 3.63) is 58.2 Å². The van der Waals surface area contributed by atoms with Gasteiger partial charge in [0.2, 0.25) is 5.88 Å². The number of fused-ring (bicyclic) bond motifs is 1. The molecule has 152 valence electrons. The number of alkyl halides is 1. The Morgan fingerprint density at radius 3 is 2.83 bits per heavy atom. The molecule has 0 radical (unpaired) electrons. The molecule has 1 amide bonds. The summed E-state index contributed by atoms with van der Waals surface area (Å²) >= 11 is 0. The fraction of sp³-hybridized carbons (Fsp3) is 0.350. The number of hydrogen-bond acceptors (Lipinski definition) is 7. The lowest BCUT2D eigenvalue weighted by molar-refractivity contribution is -0.133. The summed E-state index contributed by atoms with van der Waals surface area (Å²) in [5.41, 5.74) is 3.32. The number of carbonyl (C=O) groups excluding carboxylic acids is 1. The van der Waals surface area contributed by atoms with Gasteiger partial charge in [-0.15, -0.1) is 10.2 Å². The monoisotopic (exact) mass is 399 g/mol. The number of halogens is 1. The Morgan fingerprint density at radius 2 is 2.17 bits per heavy atom. The van der Waals surface area contributed by atoms with Crippen molar-refractivity contribution in [1.82, 2.24) is 20.1 Å². The molecule has 0 atom stereocenters. The molecule has 1 aliphatic rings. The average Bonchev–Trinajstić information content (AvgIpc) is 2.73. The molecule has 2 N–H and O–H groups in total. The first kappa shape index (κ1) is 20.4. The molecule has 9 heteroatoms. The Balaban J connectivity index is 1.70. The van der Waals surface area contributed by atoms with Gasteiger partial charge in [0.15, 0.2) is 6.67 Å². The number of aliphatic hydroxyl groups excluding tert-OH is 1. The van der Waals surface area contributed by atoms with E-state index in [4.69, 9.17) is 10.1 Å². The van der Waals surface area contributed by atoms with Crippen molar-refractivity contribution >= 4 is 11.6 Å². The zero-order chi connectivity index (χ0) is 21.0. The number of allylic oxidation sites excluding steroid dienone is 1. The lowest BCUT2D eigenvalue weighted by atomic mass is 10.0. The molecule has 0 aromatic carbocycles. The zero-order valence-corrected chi connectivity index (χ0v) is 16.3. The number of hydrogen-bond donors (Lipinski definition) is 2. The molecule has 0 unspecified atom stereocenters. The molecule has 2 aromatic rings. The third-order valence-electron chi connectivity index (χ3n) is 4.70. The van der Waals surface area contributed by atoms with E-state index in [0.29, 0.717) is 29.8 Å². The fourth-order valence-electron chi connectivity index (χ4n) is 2.96. The van der Waals surface area contributed by atoms with Crippen molar-refractivity contribution in [1.29, 1.82) is 5.41 Å². The summed E-state index contributed by atoms with van der Waals surface area (Å²) in [6.45, 7) is 2.89. The van der Waals surface area contributed by atoms with Gasteiger partial charge in [-0.25, -0.2) is 4.39 Å². The molecule has 0 fully saturated rings. The quantitative estimate of drug-likeness (QED) is 0.569. The largest absolute Gasteiger partial charge is 0.512 e. The molecule has 0 spiro atoms. The Labute approximate surface area is 167 Å². The zero-order valence-electron chi connectivity index (χ0n) is 16.3. The smallest absolute Gasteiger partial charge is 0.254 e. The van der Waals surface area contributed by atoms with Crippen LogP contribution in [0.15, 0.2) is 35.7 Å². The number of ether oxygens (including phenoxy) is 1. The highest BCUT2D eigenvalue weighted by Gasteiger charge is 2.23. The summed E-state index contributed by atoms with van der Waals surface area (Å²) in [6.07, 6.45) is 2.10. The van der Waals surface area contributed by atoms with Crippen LogP contribution in [0, 0.1) is 12.3 Å². The van der Waals surface area contributed by atoms with Crippen LogP contribution in [0.1, 0.15) is 29.4 Å². The summed E-state index contributed by atoms with van der Waals surface area (Å²) in [5, 5.41) is 26.4. The van der Waals surface area contributed by atoms with E-state index in [1.165, 1.54) is 11.8 Å². The number of pyridine rings is 1. The summed E-state index contributed by atoms with van der Waals surface area (Å²) in [6, 6.07) is 5.28. The van der Waals surface area contributed by atoms with E-state index in [1.807, 2.05) is 6.92 Å². The van der Waals surface area contributed by atoms with Gasteiger partial charge in [-0.3, -0.25) is 15.2 Å². The summed E-state index contributed by atoms with van der Waals surface area (Å²) in [5.74, 6) is -0.334. The van der Waals surface area contributed by atoms with Crippen molar-refractivity contribution in [2.75, 3.05) is 19.8 Å². The van der Waals surface area contributed by atoms with Gasteiger partial charge in [0, 0.05) is 30.1 Å². The second kappa shape index (κ2) is 8.76. The molecule has 8 nitrogen and oxygen atoms in total. The Bertz CT molecular complexity index is 955. The Hall–Kier alpha value is -3.36. The standard InChI is InChI=1S/C20H22FN5O3/c1-12-3-4-15(9-23-12)20(22)16(13(2)27)11-29-18-7-14-5-6-26(19(28)8-21)10-17(14)24-25-18/h3-4,7,9,22,27H,5-6,8,10-11H2,1-2H3/b16-13-,22-20?. The van der Waals surface area contributed by atoms with Crippen molar-refractivity contribution in [3.8, 4) is 5.88 Å². The van der Waals surface area contributed by atoms with Gasteiger partial charge in [0.1, 0.15) is 6.61 Å². The summed E-state index contributed by atoms with van der Waals surface area (Å²) in [7, 11) is 0. The van der Waals surface area contributed by atoms with Crippen LogP contribution in [0.5, 0.6) is 5.88 Å². The maximum absolute atomic E-state index is 12.6. The predicted octanol–water partition coefficient (Wildman–Crippen LogP) is 2.31. The number of nitrogens with zero attached hydrogens (tertiary/aromatic N) is 4. The molecular weight excluding hydrogens is 377 g/mol. The van der Waals surface area contributed by atoms with Crippen molar-refractivity contribution in [2.45, 2.75) is 26.8 Å². The van der Waals surface area contributed by atoms with Gasteiger partial charge < -0.3 is 14.7 Å². The molecule has 0 aliphatic carbocycles. The third-order valence-corrected chi connectivity index (χ3v) is 4.70.